The van der Waals surface area contributed by atoms with Crippen LogP contribution in [0.4, 0.5) is 0 Å². The van der Waals surface area contributed by atoms with Crippen molar-refractivity contribution in [1.82, 2.24) is 15.1 Å². The zero-order chi connectivity index (χ0) is 20.8. The van der Waals surface area contributed by atoms with Crippen LogP contribution in [0.1, 0.15) is 64.2 Å². The van der Waals surface area contributed by atoms with Crippen LogP contribution in [0.2, 0.25) is 0 Å². The largest absolute Gasteiger partial charge is 0.496 e. The molecule has 0 bridgehead atoms. The van der Waals surface area contributed by atoms with Crippen LogP contribution < -0.4 is 4.74 Å². The van der Waals surface area contributed by atoms with Crippen molar-refractivity contribution >= 4 is 17.7 Å². The van der Waals surface area contributed by atoms with E-state index in [-0.39, 0.29) is 5.91 Å². The Morgan fingerprint density at radius 2 is 1.67 bits per heavy atom. The van der Waals surface area contributed by atoms with Crippen LogP contribution in [0.25, 0.3) is 11.5 Å². The summed E-state index contributed by atoms with van der Waals surface area (Å²) in [6.07, 6.45) is 12.1. The van der Waals surface area contributed by atoms with Crippen LogP contribution in [0.3, 0.4) is 0 Å². The molecule has 1 aromatic carbocycles. The SMILES string of the molecule is COc1ccccc1-c1nnc(SCC(=O)N(C2CCCCC2)C2CCCCC2)o1. The Morgan fingerprint density at radius 3 is 2.30 bits per heavy atom. The lowest BCUT2D eigenvalue weighted by molar-refractivity contribution is -0.135. The summed E-state index contributed by atoms with van der Waals surface area (Å²) in [6.45, 7) is 0. The van der Waals surface area contributed by atoms with Crippen LogP contribution >= 0.6 is 11.8 Å². The maximum absolute atomic E-state index is 13.3. The fraction of sp³-hybridized carbons (Fsp3) is 0.609. The molecule has 0 spiro atoms. The van der Waals surface area contributed by atoms with E-state index < -0.39 is 0 Å². The summed E-state index contributed by atoms with van der Waals surface area (Å²) in [5.41, 5.74) is 0.761. The summed E-state index contributed by atoms with van der Waals surface area (Å²) in [6, 6.07) is 8.37. The number of para-hydroxylation sites is 1. The molecule has 0 N–H and O–H groups in total. The molecule has 0 unspecified atom stereocenters. The third kappa shape index (κ3) is 4.99. The number of thioether (sulfide) groups is 1. The van der Waals surface area contributed by atoms with Gasteiger partial charge in [-0.05, 0) is 37.8 Å². The van der Waals surface area contributed by atoms with Gasteiger partial charge in [-0.15, -0.1) is 10.2 Å². The Morgan fingerprint density at radius 1 is 1.03 bits per heavy atom. The molecule has 2 aromatic rings. The van der Waals surface area contributed by atoms with Gasteiger partial charge in [0.25, 0.3) is 11.1 Å². The molecule has 0 atom stereocenters. The molecule has 4 rings (SSSR count). The summed E-state index contributed by atoms with van der Waals surface area (Å²) < 4.78 is 11.2. The van der Waals surface area contributed by atoms with E-state index in [2.05, 4.69) is 15.1 Å². The molecule has 30 heavy (non-hydrogen) atoms. The van der Waals surface area contributed by atoms with Crippen molar-refractivity contribution in [1.29, 1.82) is 0 Å². The summed E-state index contributed by atoms with van der Waals surface area (Å²) in [7, 11) is 1.62. The molecule has 2 saturated carbocycles. The third-order valence-corrected chi connectivity index (χ3v) is 7.09. The molecule has 1 amide bonds. The highest BCUT2D eigenvalue weighted by atomic mass is 32.2. The van der Waals surface area contributed by atoms with E-state index >= 15 is 0 Å². The van der Waals surface area contributed by atoms with Gasteiger partial charge in [-0.1, -0.05) is 62.4 Å². The molecule has 1 aromatic heterocycles. The van der Waals surface area contributed by atoms with Gasteiger partial charge < -0.3 is 14.1 Å². The topological polar surface area (TPSA) is 68.5 Å². The number of hydrogen-bond donors (Lipinski definition) is 0. The van der Waals surface area contributed by atoms with Gasteiger partial charge >= 0.3 is 0 Å². The zero-order valence-electron chi connectivity index (χ0n) is 17.7. The van der Waals surface area contributed by atoms with Crippen molar-refractivity contribution in [2.24, 2.45) is 0 Å². The normalized spacial score (nSPS) is 18.3. The van der Waals surface area contributed by atoms with Crippen LogP contribution in [0.5, 0.6) is 5.75 Å². The van der Waals surface area contributed by atoms with E-state index in [1.54, 1.807) is 7.11 Å². The van der Waals surface area contributed by atoms with Crippen molar-refractivity contribution in [2.75, 3.05) is 12.9 Å². The van der Waals surface area contributed by atoms with Crippen molar-refractivity contribution in [3.8, 4) is 17.2 Å². The highest BCUT2D eigenvalue weighted by Gasteiger charge is 2.32. The summed E-state index contributed by atoms with van der Waals surface area (Å²) in [4.78, 5) is 15.5. The summed E-state index contributed by atoms with van der Waals surface area (Å²) in [5.74, 6) is 1.67. The smallest absolute Gasteiger partial charge is 0.277 e. The first-order valence-corrected chi connectivity index (χ1v) is 12.2. The minimum absolute atomic E-state index is 0.218. The first-order chi connectivity index (χ1) is 14.8. The van der Waals surface area contributed by atoms with Crippen molar-refractivity contribution in [2.45, 2.75) is 81.5 Å². The van der Waals surface area contributed by atoms with Gasteiger partial charge in [0, 0.05) is 12.1 Å². The van der Waals surface area contributed by atoms with Gasteiger partial charge in [-0.3, -0.25) is 4.79 Å². The van der Waals surface area contributed by atoms with Gasteiger partial charge in [0.1, 0.15) is 5.75 Å². The average molecular weight is 430 g/mol. The van der Waals surface area contributed by atoms with Gasteiger partial charge in [-0.25, -0.2) is 0 Å². The summed E-state index contributed by atoms with van der Waals surface area (Å²) >= 11 is 1.34. The first-order valence-electron chi connectivity index (χ1n) is 11.2. The second-order valence-electron chi connectivity index (χ2n) is 8.25. The molecule has 2 fully saturated rings. The average Bonchev–Trinajstić information content (AvgIpc) is 3.28. The lowest BCUT2D eigenvalue weighted by atomic mass is 9.88. The van der Waals surface area contributed by atoms with Gasteiger partial charge in [0.2, 0.25) is 5.91 Å². The number of rotatable bonds is 7. The molecule has 0 radical (unpaired) electrons. The Balaban J connectivity index is 1.42. The Hall–Kier alpha value is -2.02. The molecular formula is C23H31N3O3S. The van der Waals surface area contributed by atoms with Crippen LogP contribution in [-0.4, -0.2) is 46.0 Å². The van der Waals surface area contributed by atoms with Gasteiger partial charge in [0.15, 0.2) is 0 Å². The Kier molecular flexibility index (Phi) is 7.31. The molecule has 1 heterocycles. The molecule has 2 aliphatic carbocycles. The number of methoxy groups -OCH3 is 1. The predicted octanol–water partition coefficient (Wildman–Crippen LogP) is 5.33. The molecule has 2 aliphatic rings. The quantitative estimate of drug-likeness (QED) is 0.554. The Labute approximate surface area is 182 Å². The number of ether oxygens (including phenoxy) is 1. The molecule has 0 saturated heterocycles. The number of hydrogen-bond acceptors (Lipinski definition) is 6. The lowest BCUT2D eigenvalue weighted by Gasteiger charge is -2.41. The van der Waals surface area contributed by atoms with Crippen LogP contribution in [-0.2, 0) is 4.79 Å². The third-order valence-electron chi connectivity index (χ3n) is 6.29. The van der Waals surface area contributed by atoms with Crippen molar-refractivity contribution in [3.05, 3.63) is 24.3 Å². The van der Waals surface area contributed by atoms with Crippen molar-refractivity contribution in [3.63, 3.8) is 0 Å². The van der Waals surface area contributed by atoms with E-state index in [1.165, 1.54) is 50.3 Å². The van der Waals surface area contributed by atoms with E-state index in [0.717, 1.165) is 31.2 Å². The Bertz CT molecular complexity index is 811. The molecule has 0 aliphatic heterocycles. The maximum atomic E-state index is 13.3. The highest BCUT2D eigenvalue weighted by Crippen LogP contribution is 2.33. The zero-order valence-corrected chi connectivity index (χ0v) is 18.5. The van der Waals surface area contributed by atoms with E-state index in [0.29, 0.717) is 34.7 Å². The fourth-order valence-corrected chi connectivity index (χ4v) is 5.45. The number of carbonyl (C=O) groups is 1. The summed E-state index contributed by atoms with van der Waals surface area (Å²) in [5, 5.41) is 8.73. The second-order valence-corrected chi connectivity index (χ2v) is 9.17. The monoisotopic (exact) mass is 429 g/mol. The maximum Gasteiger partial charge on any atom is 0.277 e. The van der Waals surface area contributed by atoms with Gasteiger partial charge in [0.05, 0.1) is 18.4 Å². The molecule has 162 valence electrons. The van der Waals surface area contributed by atoms with E-state index in [4.69, 9.17) is 9.15 Å². The standard InChI is InChI=1S/C23H31N3O3S/c1-28-20-15-9-8-14-19(20)22-24-25-23(29-22)30-16-21(27)26(17-10-4-2-5-11-17)18-12-6-3-7-13-18/h8-9,14-15,17-18H,2-7,10-13,16H2,1H3. The highest BCUT2D eigenvalue weighted by molar-refractivity contribution is 7.99. The minimum Gasteiger partial charge on any atom is -0.496 e. The number of aromatic nitrogens is 2. The van der Waals surface area contributed by atoms with Crippen LogP contribution in [0, 0.1) is 0 Å². The lowest BCUT2D eigenvalue weighted by Crippen LogP contribution is -2.49. The molecule has 6 nitrogen and oxygen atoms in total. The van der Waals surface area contributed by atoms with E-state index in [1.807, 2.05) is 24.3 Å². The number of amides is 1. The number of benzene rings is 1. The number of carbonyl (C=O) groups excluding carboxylic acids is 1. The fourth-order valence-electron chi connectivity index (χ4n) is 4.82. The second kappa shape index (κ2) is 10.3. The van der Waals surface area contributed by atoms with E-state index in [9.17, 15) is 4.79 Å². The number of nitrogens with zero attached hydrogens (tertiary/aromatic N) is 3. The minimum atomic E-state index is 0.218. The predicted molar refractivity (Wildman–Crippen MR) is 118 cm³/mol. The van der Waals surface area contributed by atoms with Crippen LogP contribution in [0.15, 0.2) is 33.9 Å². The van der Waals surface area contributed by atoms with Gasteiger partial charge in [-0.2, -0.15) is 0 Å². The first kappa shape index (κ1) is 21.2. The molecular weight excluding hydrogens is 398 g/mol. The van der Waals surface area contributed by atoms with Crippen molar-refractivity contribution < 1.29 is 13.9 Å². The molecule has 7 heteroatoms.